The fraction of sp³-hybridized carbons (Fsp3) is 0.167. The summed E-state index contributed by atoms with van der Waals surface area (Å²) in [5.74, 6) is -3.32. The number of carbonyl (C=O) groups is 1. The van der Waals surface area contributed by atoms with Crippen LogP contribution in [0.5, 0.6) is 5.75 Å². The molecule has 0 amide bonds. The van der Waals surface area contributed by atoms with E-state index in [1.54, 1.807) is 48.8 Å². The summed E-state index contributed by atoms with van der Waals surface area (Å²) in [6.45, 7) is -0.0216. The molecule has 3 aromatic carbocycles. The van der Waals surface area contributed by atoms with Crippen molar-refractivity contribution >= 4 is 11.7 Å². The summed E-state index contributed by atoms with van der Waals surface area (Å²) in [5, 5.41) is 0. The fourth-order valence-electron chi connectivity index (χ4n) is 4.56. The standard InChI is InChI=1S/C30H21F5N2O3/c31-24-4-1-5-25(32)27(24)26-15-23(29(38)39-17-18-3-2-14-36-16-18)28(37-26)21-8-6-19(7-9-21)20-10-12-22(13-11-20)40-30(33,34)35/h1-14,16,23,28H,15,17H2. The van der Waals surface area contributed by atoms with Crippen molar-refractivity contribution < 1.29 is 36.2 Å². The van der Waals surface area contributed by atoms with Crippen molar-refractivity contribution in [3.63, 3.8) is 0 Å². The molecule has 40 heavy (non-hydrogen) atoms. The van der Waals surface area contributed by atoms with Crippen LogP contribution in [-0.4, -0.2) is 23.0 Å². The van der Waals surface area contributed by atoms with Crippen LogP contribution in [-0.2, 0) is 16.1 Å². The Morgan fingerprint density at radius 2 is 1.52 bits per heavy atom. The second-order valence-electron chi connectivity index (χ2n) is 9.09. The van der Waals surface area contributed by atoms with Gasteiger partial charge in [-0.1, -0.05) is 48.5 Å². The Bertz CT molecular complexity index is 1500. The molecule has 5 rings (SSSR count). The first-order valence-electron chi connectivity index (χ1n) is 12.2. The van der Waals surface area contributed by atoms with Crippen LogP contribution in [0.2, 0.25) is 0 Å². The second kappa shape index (κ2) is 11.3. The number of ether oxygens (including phenoxy) is 2. The summed E-state index contributed by atoms with van der Waals surface area (Å²) in [6.07, 6.45) is -1.66. The van der Waals surface area contributed by atoms with Gasteiger partial charge in [-0.3, -0.25) is 14.8 Å². The van der Waals surface area contributed by atoms with E-state index in [2.05, 4.69) is 14.7 Å². The number of carbonyl (C=O) groups excluding carboxylic acids is 1. The zero-order valence-electron chi connectivity index (χ0n) is 20.7. The summed E-state index contributed by atoms with van der Waals surface area (Å²) in [6, 6.07) is 18.5. The van der Waals surface area contributed by atoms with Gasteiger partial charge >= 0.3 is 12.3 Å². The molecule has 204 valence electrons. The van der Waals surface area contributed by atoms with E-state index < -0.39 is 35.9 Å². The highest BCUT2D eigenvalue weighted by molar-refractivity contribution is 6.04. The van der Waals surface area contributed by atoms with Gasteiger partial charge in [0.25, 0.3) is 0 Å². The van der Waals surface area contributed by atoms with Crippen molar-refractivity contribution in [3.8, 4) is 16.9 Å². The quantitative estimate of drug-likeness (QED) is 0.179. The number of nitrogens with zero attached hydrogens (tertiary/aromatic N) is 2. The van der Waals surface area contributed by atoms with Crippen LogP contribution in [0.25, 0.3) is 11.1 Å². The van der Waals surface area contributed by atoms with Crippen molar-refractivity contribution in [2.75, 3.05) is 0 Å². The highest BCUT2D eigenvalue weighted by Crippen LogP contribution is 2.39. The molecule has 4 aromatic rings. The van der Waals surface area contributed by atoms with Gasteiger partial charge < -0.3 is 9.47 Å². The smallest absolute Gasteiger partial charge is 0.460 e. The molecule has 5 nitrogen and oxygen atoms in total. The third kappa shape index (κ3) is 6.17. The average Bonchev–Trinajstić information content (AvgIpc) is 3.37. The number of benzene rings is 3. The van der Waals surface area contributed by atoms with Crippen LogP contribution in [0.3, 0.4) is 0 Å². The minimum atomic E-state index is -4.79. The van der Waals surface area contributed by atoms with Crippen LogP contribution < -0.4 is 4.74 Å². The molecule has 0 bridgehead atoms. The molecule has 1 aliphatic rings. The lowest BCUT2D eigenvalue weighted by atomic mass is 9.90. The first kappa shape index (κ1) is 27.0. The van der Waals surface area contributed by atoms with E-state index in [4.69, 9.17) is 4.74 Å². The van der Waals surface area contributed by atoms with Gasteiger partial charge in [0.1, 0.15) is 24.0 Å². The van der Waals surface area contributed by atoms with Crippen molar-refractivity contribution in [2.45, 2.75) is 25.4 Å². The van der Waals surface area contributed by atoms with Gasteiger partial charge in [0.2, 0.25) is 0 Å². The molecule has 1 aromatic heterocycles. The van der Waals surface area contributed by atoms with E-state index in [0.29, 0.717) is 22.3 Å². The molecule has 0 radical (unpaired) electrons. The minimum Gasteiger partial charge on any atom is -0.460 e. The predicted octanol–water partition coefficient (Wildman–Crippen LogP) is 7.22. The number of alkyl halides is 3. The number of hydrogen-bond acceptors (Lipinski definition) is 5. The zero-order valence-corrected chi connectivity index (χ0v) is 20.7. The largest absolute Gasteiger partial charge is 0.573 e. The summed E-state index contributed by atoms with van der Waals surface area (Å²) in [5.41, 5.74) is 2.46. The van der Waals surface area contributed by atoms with E-state index in [0.717, 1.165) is 12.1 Å². The lowest BCUT2D eigenvalue weighted by Gasteiger charge is -2.18. The number of pyridine rings is 1. The van der Waals surface area contributed by atoms with E-state index in [9.17, 15) is 26.7 Å². The van der Waals surface area contributed by atoms with Crippen molar-refractivity contribution in [1.82, 2.24) is 4.98 Å². The first-order valence-corrected chi connectivity index (χ1v) is 12.2. The van der Waals surface area contributed by atoms with Gasteiger partial charge in [-0.25, -0.2) is 8.78 Å². The van der Waals surface area contributed by atoms with E-state index in [-0.39, 0.29) is 30.1 Å². The highest BCUT2D eigenvalue weighted by atomic mass is 19.4. The molecule has 0 saturated heterocycles. The van der Waals surface area contributed by atoms with Crippen LogP contribution >= 0.6 is 0 Å². The van der Waals surface area contributed by atoms with Crippen LogP contribution in [0.1, 0.15) is 29.2 Å². The molecule has 0 saturated carbocycles. The van der Waals surface area contributed by atoms with Crippen molar-refractivity contribution in [1.29, 1.82) is 0 Å². The van der Waals surface area contributed by atoms with Gasteiger partial charge in [0, 0.05) is 30.1 Å². The van der Waals surface area contributed by atoms with Crippen LogP contribution in [0.4, 0.5) is 22.0 Å². The monoisotopic (exact) mass is 552 g/mol. The molecule has 0 fully saturated rings. The Balaban J connectivity index is 1.40. The summed E-state index contributed by atoms with van der Waals surface area (Å²) in [7, 11) is 0. The summed E-state index contributed by atoms with van der Waals surface area (Å²) < 4.78 is 75.9. The molecule has 1 aliphatic heterocycles. The number of halogens is 5. The summed E-state index contributed by atoms with van der Waals surface area (Å²) in [4.78, 5) is 21.7. The van der Waals surface area contributed by atoms with Gasteiger partial charge in [0.15, 0.2) is 0 Å². The van der Waals surface area contributed by atoms with E-state index in [1.807, 2.05) is 0 Å². The Morgan fingerprint density at radius 1 is 0.875 bits per heavy atom. The Kier molecular flexibility index (Phi) is 7.59. The normalized spacial score (nSPS) is 16.9. The van der Waals surface area contributed by atoms with E-state index >= 15 is 0 Å². The molecule has 2 unspecified atom stereocenters. The molecule has 10 heteroatoms. The summed E-state index contributed by atoms with van der Waals surface area (Å²) >= 11 is 0. The van der Waals surface area contributed by atoms with Gasteiger partial charge in [-0.15, -0.1) is 13.2 Å². The Hall–Kier alpha value is -4.60. The fourth-order valence-corrected chi connectivity index (χ4v) is 4.56. The van der Waals surface area contributed by atoms with Crippen molar-refractivity contribution in [2.24, 2.45) is 10.9 Å². The van der Waals surface area contributed by atoms with Crippen LogP contribution in [0, 0.1) is 17.6 Å². The lowest BCUT2D eigenvalue weighted by molar-refractivity contribution is -0.274. The maximum absolute atomic E-state index is 14.6. The Morgan fingerprint density at radius 3 is 2.12 bits per heavy atom. The topological polar surface area (TPSA) is 60.8 Å². The van der Waals surface area contributed by atoms with Gasteiger partial charge in [-0.05, 0) is 47.0 Å². The number of aliphatic imine (C=N–C) groups is 1. The number of aromatic nitrogens is 1. The molecule has 2 heterocycles. The molecule has 2 atom stereocenters. The maximum atomic E-state index is 14.6. The van der Waals surface area contributed by atoms with E-state index in [1.165, 1.54) is 30.3 Å². The third-order valence-corrected chi connectivity index (χ3v) is 6.42. The number of rotatable bonds is 7. The SMILES string of the molecule is O=C(OCc1cccnc1)C1CC(c2c(F)cccc2F)=NC1c1ccc(-c2ccc(OC(F)(F)F)cc2)cc1. The predicted molar refractivity (Wildman–Crippen MR) is 136 cm³/mol. The highest BCUT2D eigenvalue weighted by Gasteiger charge is 2.39. The average molecular weight is 552 g/mol. The Labute approximate surface area is 225 Å². The first-order chi connectivity index (χ1) is 19.2. The lowest BCUT2D eigenvalue weighted by Crippen LogP contribution is -2.22. The van der Waals surface area contributed by atoms with Gasteiger partial charge in [0.05, 0.1) is 17.5 Å². The molecular formula is C30H21F5N2O3. The number of esters is 1. The van der Waals surface area contributed by atoms with Crippen LogP contribution in [0.15, 0.2) is 96.2 Å². The molecule has 0 spiro atoms. The van der Waals surface area contributed by atoms with Crippen molar-refractivity contribution in [3.05, 3.63) is 120 Å². The minimum absolute atomic E-state index is 0.0216. The number of hydrogen-bond donors (Lipinski definition) is 0. The maximum Gasteiger partial charge on any atom is 0.573 e. The second-order valence-corrected chi connectivity index (χ2v) is 9.09. The van der Waals surface area contributed by atoms with Gasteiger partial charge in [-0.2, -0.15) is 0 Å². The molecular weight excluding hydrogens is 531 g/mol. The zero-order chi connectivity index (χ0) is 28.3. The molecule has 0 aliphatic carbocycles. The third-order valence-electron chi connectivity index (χ3n) is 6.42. The molecule has 0 N–H and O–H groups in total.